The van der Waals surface area contributed by atoms with Gasteiger partial charge in [-0.1, -0.05) is 15.9 Å². The van der Waals surface area contributed by atoms with Gasteiger partial charge in [-0.05, 0) is 12.1 Å². The maximum absolute atomic E-state index is 10.7. The number of aliphatic carboxylic acids is 1. The number of hydrogen-bond donors (Lipinski definition) is 2. The molecule has 0 spiro atoms. The number of carbonyl (C=O) groups is 1. The van der Waals surface area contributed by atoms with Crippen LogP contribution in [-0.4, -0.2) is 27.8 Å². The molecule has 0 aliphatic rings. The van der Waals surface area contributed by atoms with Gasteiger partial charge in [-0.25, -0.2) is 0 Å². The van der Waals surface area contributed by atoms with Crippen LogP contribution >= 0.6 is 27.7 Å². The van der Waals surface area contributed by atoms with Crippen molar-refractivity contribution in [1.29, 1.82) is 0 Å². The third-order valence-electron chi connectivity index (χ3n) is 1.85. The third kappa shape index (κ3) is 3.99. The molecule has 0 aromatic heterocycles. The number of nitro benzene ring substituents is 1. The van der Waals surface area contributed by atoms with Gasteiger partial charge in [0.05, 0.1) is 9.82 Å². The van der Waals surface area contributed by atoms with Crippen molar-refractivity contribution in [2.45, 2.75) is 10.9 Å². The predicted octanol–water partition coefficient (Wildman–Crippen LogP) is 1.86. The minimum atomic E-state index is -1.13. The molecule has 92 valence electrons. The largest absolute Gasteiger partial charge is 0.480 e. The second-order valence-corrected chi connectivity index (χ2v) is 5.10. The molecule has 0 bridgehead atoms. The third-order valence-corrected chi connectivity index (χ3v) is 3.51. The lowest BCUT2D eigenvalue weighted by molar-refractivity contribution is -0.387. The Hall–Kier alpha value is -1.12. The van der Waals surface area contributed by atoms with Gasteiger partial charge >= 0.3 is 5.97 Å². The van der Waals surface area contributed by atoms with Gasteiger partial charge < -0.3 is 10.8 Å². The Bertz CT molecular complexity index is 455. The molecule has 0 heterocycles. The number of carboxylic acids is 1. The van der Waals surface area contributed by atoms with Crippen LogP contribution in [0.15, 0.2) is 27.6 Å². The number of halogens is 1. The van der Waals surface area contributed by atoms with E-state index in [0.29, 0.717) is 9.37 Å². The first-order chi connectivity index (χ1) is 7.91. The summed E-state index contributed by atoms with van der Waals surface area (Å²) in [5, 5.41) is 19.4. The number of thioether (sulfide) groups is 1. The van der Waals surface area contributed by atoms with Crippen LogP contribution in [0, 0.1) is 10.1 Å². The molecule has 0 aliphatic carbocycles. The molecule has 0 unspecified atom stereocenters. The Morgan fingerprint density at radius 2 is 2.29 bits per heavy atom. The van der Waals surface area contributed by atoms with Crippen LogP contribution in [0.5, 0.6) is 0 Å². The molecule has 1 atom stereocenters. The lowest BCUT2D eigenvalue weighted by Gasteiger charge is -2.06. The van der Waals surface area contributed by atoms with E-state index in [0.717, 1.165) is 11.8 Å². The number of nitrogens with zero attached hydrogens (tertiary/aromatic N) is 1. The number of nitrogens with two attached hydrogens (primary N) is 1. The van der Waals surface area contributed by atoms with E-state index in [2.05, 4.69) is 15.9 Å². The molecule has 0 fully saturated rings. The minimum Gasteiger partial charge on any atom is -0.480 e. The molecule has 0 saturated carbocycles. The molecule has 6 nitrogen and oxygen atoms in total. The van der Waals surface area contributed by atoms with Crippen molar-refractivity contribution >= 4 is 39.3 Å². The van der Waals surface area contributed by atoms with E-state index in [9.17, 15) is 14.9 Å². The number of rotatable bonds is 5. The molecular weight excluding hydrogens is 312 g/mol. The molecule has 3 N–H and O–H groups in total. The average molecular weight is 321 g/mol. The molecule has 17 heavy (non-hydrogen) atoms. The maximum Gasteiger partial charge on any atom is 0.321 e. The lowest BCUT2D eigenvalue weighted by Crippen LogP contribution is -2.32. The standard InChI is InChI=1S/C9H9BrN2O4S/c10-5-1-2-7(12(15)16)8(3-5)17-4-6(11)9(13)14/h1-3,6H,4,11H2,(H,13,14)/t6-/m0/s1. The zero-order valence-electron chi connectivity index (χ0n) is 8.50. The SMILES string of the molecule is N[C@@H](CSc1cc(Br)ccc1[N+](=O)[O-])C(=O)O. The van der Waals surface area contributed by atoms with Crippen molar-refractivity contribution in [3.05, 3.63) is 32.8 Å². The van der Waals surface area contributed by atoms with Crippen LogP contribution < -0.4 is 5.73 Å². The van der Waals surface area contributed by atoms with Crippen LogP contribution in [0.3, 0.4) is 0 Å². The van der Waals surface area contributed by atoms with Crippen LogP contribution in [-0.2, 0) is 4.79 Å². The summed E-state index contributed by atoms with van der Waals surface area (Å²) in [4.78, 5) is 21.1. The molecule has 1 rings (SSSR count). The van der Waals surface area contributed by atoms with E-state index in [1.165, 1.54) is 6.07 Å². The van der Waals surface area contributed by atoms with Gasteiger partial charge in [-0.2, -0.15) is 0 Å². The van der Waals surface area contributed by atoms with E-state index in [4.69, 9.17) is 10.8 Å². The summed E-state index contributed by atoms with van der Waals surface area (Å²) in [6.45, 7) is 0. The molecule has 1 aromatic rings. The Labute approximate surface area is 109 Å². The van der Waals surface area contributed by atoms with E-state index in [1.54, 1.807) is 12.1 Å². The highest BCUT2D eigenvalue weighted by molar-refractivity contribution is 9.10. The fourth-order valence-corrected chi connectivity index (χ4v) is 2.52. The molecular formula is C9H9BrN2O4S. The summed E-state index contributed by atoms with van der Waals surface area (Å²) in [7, 11) is 0. The van der Waals surface area contributed by atoms with Gasteiger partial charge in [-0.3, -0.25) is 14.9 Å². The van der Waals surface area contributed by atoms with Crippen molar-refractivity contribution < 1.29 is 14.8 Å². The van der Waals surface area contributed by atoms with Crippen molar-refractivity contribution in [3.63, 3.8) is 0 Å². The molecule has 8 heteroatoms. The van der Waals surface area contributed by atoms with Gasteiger partial charge in [0.15, 0.2) is 0 Å². The minimum absolute atomic E-state index is 0.0595. The maximum atomic E-state index is 10.7. The zero-order chi connectivity index (χ0) is 13.0. The quantitative estimate of drug-likeness (QED) is 0.487. The molecule has 0 radical (unpaired) electrons. The Balaban J connectivity index is 2.85. The molecule has 0 saturated heterocycles. The van der Waals surface area contributed by atoms with Crippen molar-refractivity contribution in [2.24, 2.45) is 5.73 Å². The van der Waals surface area contributed by atoms with Crippen LogP contribution in [0.1, 0.15) is 0 Å². The summed E-state index contributed by atoms with van der Waals surface area (Å²) in [6, 6.07) is 3.44. The Kier molecular flexibility index (Phi) is 4.91. The van der Waals surface area contributed by atoms with E-state index >= 15 is 0 Å². The summed E-state index contributed by atoms with van der Waals surface area (Å²) in [5.41, 5.74) is 5.27. The van der Waals surface area contributed by atoms with Gasteiger partial charge in [0.2, 0.25) is 0 Å². The highest BCUT2D eigenvalue weighted by atomic mass is 79.9. The summed E-state index contributed by atoms with van der Waals surface area (Å²) < 4.78 is 0.689. The fraction of sp³-hybridized carbons (Fsp3) is 0.222. The normalized spacial score (nSPS) is 12.1. The number of benzene rings is 1. The smallest absolute Gasteiger partial charge is 0.321 e. The van der Waals surface area contributed by atoms with Gasteiger partial charge in [0.25, 0.3) is 5.69 Å². The number of nitro groups is 1. The van der Waals surface area contributed by atoms with E-state index in [-0.39, 0.29) is 11.4 Å². The average Bonchev–Trinajstić information content (AvgIpc) is 2.25. The molecule has 0 amide bonds. The predicted molar refractivity (Wildman–Crippen MR) is 67.1 cm³/mol. The first-order valence-electron chi connectivity index (χ1n) is 4.47. The monoisotopic (exact) mass is 320 g/mol. The number of hydrogen-bond acceptors (Lipinski definition) is 5. The summed E-state index contributed by atoms with van der Waals surface area (Å²) >= 11 is 4.25. The zero-order valence-corrected chi connectivity index (χ0v) is 10.9. The highest BCUT2D eigenvalue weighted by Crippen LogP contribution is 2.31. The summed E-state index contributed by atoms with van der Waals surface area (Å²) in [5.74, 6) is -1.05. The Morgan fingerprint density at radius 3 is 2.82 bits per heavy atom. The van der Waals surface area contributed by atoms with Crippen LogP contribution in [0.2, 0.25) is 0 Å². The molecule has 1 aromatic carbocycles. The van der Waals surface area contributed by atoms with Crippen molar-refractivity contribution in [3.8, 4) is 0 Å². The highest BCUT2D eigenvalue weighted by Gasteiger charge is 2.17. The fourth-order valence-electron chi connectivity index (χ4n) is 1.01. The topological polar surface area (TPSA) is 106 Å². The van der Waals surface area contributed by atoms with Gasteiger partial charge in [-0.15, -0.1) is 11.8 Å². The van der Waals surface area contributed by atoms with Gasteiger partial charge in [0.1, 0.15) is 6.04 Å². The second kappa shape index (κ2) is 5.99. The number of carboxylic acid groups (broad SMARTS) is 1. The molecule has 0 aliphatic heterocycles. The van der Waals surface area contributed by atoms with E-state index in [1.807, 2.05) is 0 Å². The van der Waals surface area contributed by atoms with Crippen molar-refractivity contribution in [2.75, 3.05) is 5.75 Å². The van der Waals surface area contributed by atoms with Crippen LogP contribution in [0.4, 0.5) is 5.69 Å². The van der Waals surface area contributed by atoms with Gasteiger partial charge in [0, 0.05) is 16.3 Å². The van der Waals surface area contributed by atoms with E-state index < -0.39 is 16.9 Å². The van der Waals surface area contributed by atoms with Crippen LogP contribution in [0.25, 0.3) is 0 Å². The second-order valence-electron chi connectivity index (χ2n) is 3.12. The van der Waals surface area contributed by atoms with Crippen molar-refractivity contribution in [1.82, 2.24) is 0 Å². The first-order valence-corrected chi connectivity index (χ1v) is 6.25. The summed E-state index contributed by atoms with van der Waals surface area (Å²) in [6.07, 6.45) is 0. The Morgan fingerprint density at radius 1 is 1.65 bits per heavy atom. The lowest BCUT2D eigenvalue weighted by atomic mass is 10.3. The first kappa shape index (κ1) is 13.9.